The van der Waals surface area contributed by atoms with Crippen molar-refractivity contribution in [3.05, 3.63) is 0 Å². The first-order valence-electron chi connectivity index (χ1n) is 8.96. The fourth-order valence-corrected chi connectivity index (χ4v) is 2.51. The lowest BCUT2D eigenvalue weighted by Crippen LogP contribution is -2.45. The van der Waals surface area contributed by atoms with Crippen LogP contribution in [0.2, 0.25) is 0 Å². The third-order valence-corrected chi connectivity index (χ3v) is 3.76. The largest absolute Gasteiger partial charge is 0.480 e. The van der Waals surface area contributed by atoms with Gasteiger partial charge in [-0.25, -0.2) is 0 Å². The Morgan fingerprint density at radius 3 is 1.68 bits per heavy atom. The lowest BCUT2D eigenvalue weighted by molar-refractivity contribution is -0.143. The SMILES string of the molecule is CCOC(C)(C)CCNC(=O)CN(CCN(CC(=O)O)CC(=O)O)CC(=O)O. The number of rotatable bonds is 16. The van der Waals surface area contributed by atoms with Crippen molar-refractivity contribution in [1.29, 1.82) is 0 Å². The highest BCUT2D eigenvalue weighted by molar-refractivity contribution is 5.79. The normalized spacial score (nSPS) is 11.6. The van der Waals surface area contributed by atoms with Gasteiger partial charge >= 0.3 is 17.9 Å². The Balaban J connectivity index is 4.62. The minimum Gasteiger partial charge on any atom is -0.480 e. The molecule has 0 bridgehead atoms. The average molecular weight is 405 g/mol. The fourth-order valence-electron chi connectivity index (χ4n) is 2.51. The molecule has 0 aromatic heterocycles. The number of nitrogens with zero attached hydrogens (tertiary/aromatic N) is 2. The van der Waals surface area contributed by atoms with Crippen LogP contribution in [0.15, 0.2) is 0 Å². The third kappa shape index (κ3) is 13.9. The van der Waals surface area contributed by atoms with Gasteiger partial charge in [-0.3, -0.25) is 29.0 Å². The zero-order valence-electron chi connectivity index (χ0n) is 16.6. The molecule has 0 aromatic rings. The molecule has 11 nitrogen and oxygen atoms in total. The van der Waals surface area contributed by atoms with Gasteiger partial charge in [-0.1, -0.05) is 0 Å². The molecule has 0 aliphatic rings. The van der Waals surface area contributed by atoms with Gasteiger partial charge in [0.25, 0.3) is 0 Å². The summed E-state index contributed by atoms with van der Waals surface area (Å²) in [6, 6.07) is 0. The number of carboxylic acid groups (broad SMARTS) is 3. The predicted octanol–water partition coefficient (Wildman–Crippen LogP) is -0.834. The smallest absolute Gasteiger partial charge is 0.317 e. The summed E-state index contributed by atoms with van der Waals surface area (Å²) in [5, 5.41) is 29.4. The van der Waals surface area contributed by atoms with Crippen LogP contribution in [0.5, 0.6) is 0 Å². The molecule has 11 heteroatoms. The van der Waals surface area contributed by atoms with Crippen LogP contribution in [0.3, 0.4) is 0 Å². The first-order valence-corrected chi connectivity index (χ1v) is 8.96. The Bertz CT molecular complexity index is 522. The molecule has 0 radical (unpaired) electrons. The average Bonchev–Trinajstić information content (AvgIpc) is 2.50. The van der Waals surface area contributed by atoms with E-state index in [1.807, 2.05) is 20.8 Å². The summed E-state index contributed by atoms with van der Waals surface area (Å²) in [5.74, 6) is -3.91. The first-order chi connectivity index (χ1) is 12.9. The number of hydrogen-bond donors (Lipinski definition) is 4. The zero-order chi connectivity index (χ0) is 21.7. The Kier molecular flexibility index (Phi) is 12.0. The Morgan fingerprint density at radius 2 is 1.29 bits per heavy atom. The number of ether oxygens (including phenoxy) is 1. The van der Waals surface area contributed by atoms with Crippen molar-refractivity contribution in [3.8, 4) is 0 Å². The minimum atomic E-state index is -1.19. The summed E-state index contributed by atoms with van der Waals surface area (Å²) in [6.07, 6.45) is 0.580. The molecule has 0 aliphatic carbocycles. The van der Waals surface area contributed by atoms with E-state index in [1.54, 1.807) is 0 Å². The summed E-state index contributed by atoms with van der Waals surface area (Å²) in [6.45, 7) is 5.01. The van der Waals surface area contributed by atoms with Gasteiger partial charge in [0.2, 0.25) is 5.91 Å². The second-order valence-corrected chi connectivity index (χ2v) is 6.90. The quantitative estimate of drug-likeness (QED) is 0.255. The Hall–Kier alpha value is -2.24. The second-order valence-electron chi connectivity index (χ2n) is 6.90. The lowest BCUT2D eigenvalue weighted by Gasteiger charge is -2.26. The first kappa shape index (κ1) is 25.8. The summed E-state index contributed by atoms with van der Waals surface area (Å²) in [4.78, 5) is 47.2. The Morgan fingerprint density at radius 1 is 0.857 bits per heavy atom. The molecular formula is C17H31N3O8. The molecule has 0 spiro atoms. The molecule has 4 N–H and O–H groups in total. The van der Waals surface area contributed by atoms with Gasteiger partial charge in [0, 0.05) is 26.2 Å². The van der Waals surface area contributed by atoms with Crippen LogP contribution in [0.4, 0.5) is 0 Å². The van der Waals surface area contributed by atoms with Crippen molar-refractivity contribution in [2.45, 2.75) is 32.8 Å². The van der Waals surface area contributed by atoms with Gasteiger partial charge < -0.3 is 25.4 Å². The van der Waals surface area contributed by atoms with Crippen LogP contribution in [0.1, 0.15) is 27.2 Å². The van der Waals surface area contributed by atoms with Gasteiger partial charge in [-0.15, -0.1) is 0 Å². The van der Waals surface area contributed by atoms with Crippen LogP contribution in [0.25, 0.3) is 0 Å². The van der Waals surface area contributed by atoms with Crippen molar-refractivity contribution in [1.82, 2.24) is 15.1 Å². The molecule has 0 atom stereocenters. The van der Waals surface area contributed by atoms with Crippen LogP contribution in [-0.4, -0.2) is 107 Å². The molecule has 0 rings (SSSR count). The van der Waals surface area contributed by atoms with Crippen molar-refractivity contribution in [2.24, 2.45) is 0 Å². The maximum absolute atomic E-state index is 12.1. The van der Waals surface area contributed by atoms with E-state index in [4.69, 9.17) is 20.1 Å². The molecule has 0 aliphatic heterocycles. The van der Waals surface area contributed by atoms with Crippen molar-refractivity contribution in [3.63, 3.8) is 0 Å². The number of carbonyl (C=O) groups excluding carboxylic acids is 1. The molecule has 0 unspecified atom stereocenters. The van der Waals surface area contributed by atoms with E-state index in [-0.39, 0.29) is 25.5 Å². The van der Waals surface area contributed by atoms with E-state index in [1.165, 1.54) is 4.90 Å². The molecule has 0 aromatic carbocycles. The molecule has 0 heterocycles. The Labute approximate surface area is 164 Å². The number of carbonyl (C=O) groups is 4. The highest BCUT2D eigenvalue weighted by Crippen LogP contribution is 2.12. The summed E-state index contributed by atoms with van der Waals surface area (Å²) < 4.78 is 5.53. The maximum atomic E-state index is 12.1. The molecule has 1 amide bonds. The topological polar surface area (TPSA) is 157 Å². The van der Waals surface area contributed by atoms with Gasteiger partial charge in [0.15, 0.2) is 0 Å². The third-order valence-electron chi connectivity index (χ3n) is 3.76. The number of nitrogens with one attached hydrogen (secondary N) is 1. The van der Waals surface area contributed by atoms with E-state index in [9.17, 15) is 19.2 Å². The summed E-state index contributed by atoms with van der Waals surface area (Å²) in [7, 11) is 0. The van der Waals surface area contributed by atoms with Crippen molar-refractivity contribution >= 4 is 23.8 Å². The van der Waals surface area contributed by atoms with Crippen LogP contribution in [-0.2, 0) is 23.9 Å². The van der Waals surface area contributed by atoms with Crippen molar-refractivity contribution in [2.75, 3.05) is 52.4 Å². The van der Waals surface area contributed by atoms with Gasteiger partial charge in [-0.05, 0) is 27.2 Å². The van der Waals surface area contributed by atoms with E-state index in [0.717, 1.165) is 4.90 Å². The summed E-state index contributed by atoms with van der Waals surface area (Å²) in [5.41, 5.74) is -0.392. The molecule has 0 saturated carbocycles. The van der Waals surface area contributed by atoms with E-state index < -0.39 is 43.1 Å². The van der Waals surface area contributed by atoms with Crippen LogP contribution >= 0.6 is 0 Å². The maximum Gasteiger partial charge on any atom is 0.317 e. The second kappa shape index (κ2) is 13.0. The van der Waals surface area contributed by atoms with Gasteiger partial charge in [0.1, 0.15) is 0 Å². The monoisotopic (exact) mass is 405 g/mol. The van der Waals surface area contributed by atoms with E-state index >= 15 is 0 Å². The molecule has 0 saturated heterocycles. The number of aliphatic carboxylic acids is 3. The highest BCUT2D eigenvalue weighted by atomic mass is 16.5. The number of amides is 1. The molecule has 0 fully saturated rings. The van der Waals surface area contributed by atoms with E-state index in [2.05, 4.69) is 5.32 Å². The number of hydrogen-bond acceptors (Lipinski definition) is 7. The lowest BCUT2D eigenvalue weighted by atomic mass is 10.1. The standard InChI is InChI=1S/C17H31N3O8/c1-4-28-17(2,3)5-6-18-13(21)9-19(10-14(22)23)7-8-20(11-15(24)25)12-16(26)27/h4-12H2,1-3H3,(H,18,21)(H,22,23)(H,24,25)(H,26,27). The minimum absolute atomic E-state index is 0.00344. The number of carboxylic acids is 3. The van der Waals surface area contributed by atoms with E-state index in [0.29, 0.717) is 19.6 Å². The van der Waals surface area contributed by atoms with Gasteiger partial charge in [0.05, 0.1) is 31.8 Å². The predicted molar refractivity (Wildman–Crippen MR) is 99.1 cm³/mol. The van der Waals surface area contributed by atoms with Crippen LogP contribution < -0.4 is 5.32 Å². The molecule has 28 heavy (non-hydrogen) atoms. The van der Waals surface area contributed by atoms with Crippen molar-refractivity contribution < 1.29 is 39.2 Å². The van der Waals surface area contributed by atoms with Crippen LogP contribution in [0, 0.1) is 0 Å². The van der Waals surface area contributed by atoms with Gasteiger partial charge in [-0.2, -0.15) is 0 Å². The fraction of sp³-hybridized carbons (Fsp3) is 0.765. The highest BCUT2D eigenvalue weighted by Gasteiger charge is 2.20. The zero-order valence-corrected chi connectivity index (χ0v) is 16.6. The molecular weight excluding hydrogens is 374 g/mol. The molecule has 162 valence electrons. The summed E-state index contributed by atoms with van der Waals surface area (Å²) >= 11 is 0.